The second-order valence-corrected chi connectivity index (χ2v) is 7.95. The number of rotatable bonds is 10. The summed E-state index contributed by atoms with van der Waals surface area (Å²) in [4.78, 5) is 12.3. The van der Waals surface area contributed by atoms with Gasteiger partial charge in [-0.15, -0.1) is 0 Å². The molecule has 1 amide bonds. The van der Waals surface area contributed by atoms with Crippen molar-refractivity contribution in [3.63, 3.8) is 0 Å². The minimum absolute atomic E-state index is 0.143. The van der Waals surface area contributed by atoms with Gasteiger partial charge in [0.25, 0.3) is 0 Å². The maximum Gasteiger partial charge on any atom is 0.225 e. The molecule has 0 aliphatic heterocycles. The Bertz CT molecular complexity index is 619. The van der Waals surface area contributed by atoms with Crippen LogP contribution in [-0.2, 0) is 27.7 Å². The zero-order valence-electron chi connectivity index (χ0n) is 15.3. The highest BCUT2D eigenvalue weighted by atomic mass is 32.2. The first kappa shape index (κ1) is 20.6. The van der Waals surface area contributed by atoms with E-state index in [0.29, 0.717) is 6.54 Å². The molecule has 6 heteroatoms. The first-order chi connectivity index (χ1) is 11.3. The van der Waals surface area contributed by atoms with Gasteiger partial charge >= 0.3 is 0 Å². The van der Waals surface area contributed by atoms with Gasteiger partial charge in [-0.2, -0.15) is 0 Å². The Morgan fingerprint density at radius 2 is 1.67 bits per heavy atom. The number of sulfonamides is 1. The molecule has 0 saturated heterocycles. The Labute approximate surface area is 146 Å². The van der Waals surface area contributed by atoms with E-state index in [2.05, 4.69) is 19.2 Å². The number of benzene rings is 1. The van der Waals surface area contributed by atoms with Gasteiger partial charge in [-0.1, -0.05) is 45.4 Å². The lowest BCUT2D eigenvalue weighted by Crippen LogP contribution is -2.34. The van der Waals surface area contributed by atoms with Crippen molar-refractivity contribution in [3.8, 4) is 0 Å². The van der Waals surface area contributed by atoms with Crippen LogP contribution in [0.1, 0.15) is 51.2 Å². The van der Waals surface area contributed by atoms with Crippen LogP contribution in [0, 0.1) is 0 Å². The Hall–Kier alpha value is -1.40. The molecule has 0 aliphatic rings. The Morgan fingerprint density at radius 3 is 2.12 bits per heavy atom. The summed E-state index contributed by atoms with van der Waals surface area (Å²) in [5.41, 5.74) is 3.09. The second-order valence-electron chi connectivity index (χ2n) is 5.97. The minimum atomic E-state index is -3.28. The molecule has 0 unspecified atom stereocenters. The summed E-state index contributed by atoms with van der Waals surface area (Å²) >= 11 is 0. The summed E-state index contributed by atoms with van der Waals surface area (Å²) in [5, 5.41) is 2.98. The normalized spacial score (nSPS) is 11.7. The maximum atomic E-state index is 12.3. The second kappa shape index (κ2) is 9.79. The van der Waals surface area contributed by atoms with Crippen LogP contribution in [0.3, 0.4) is 0 Å². The van der Waals surface area contributed by atoms with Gasteiger partial charge in [0.2, 0.25) is 15.9 Å². The van der Waals surface area contributed by atoms with Crippen molar-refractivity contribution in [3.05, 3.63) is 29.3 Å². The van der Waals surface area contributed by atoms with Crippen LogP contribution in [0.5, 0.6) is 0 Å². The molecule has 1 rings (SSSR count). The van der Waals surface area contributed by atoms with Crippen LogP contribution >= 0.6 is 0 Å². The molecule has 0 fully saturated rings. The third-order valence-corrected chi connectivity index (χ3v) is 5.38. The van der Waals surface area contributed by atoms with Gasteiger partial charge in [0, 0.05) is 25.2 Å². The number of hydrogen-bond acceptors (Lipinski definition) is 3. The third-order valence-electron chi connectivity index (χ3n) is 4.08. The number of carbonyl (C=O) groups excluding carboxylic acids is 1. The number of amides is 1. The topological polar surface area (TPSA) is 66.5 Å². The van der Waals surface area contributed by atoms with Gasteiger partial charge in [-0.3, -0.25) is 4.79 Å². The molecule has 5 nitrogen and oxygen atoms in total. The monoisotopic (exact) mass is 354 g/mol. The van der Waals surface area contributed by atoms with Crippen molar-refractivity contribution < 1.29 is 13.2 Å². The SMILES string of the molecule is CCCCN(CCC(=O)Nc1c(CC)cccc1CC)S(C)(=O)=O. The first-order valence-corrected chi connectivity index (χ1v) is 10.5. The number of anilines is 1. The fourth-order valence-corrected chi connectivity index (χ4v) is 3.49. The highest BCUT2D eigenvalue weighted by Gasteiger charge is 2.18. The zero-order chi connectivity index (χ0) is 18.2. The molecule has 24 heavy (non-hydrogen) atoms. The van der Waals surface area contributed by atoms with Crippen molar-refractivity contribution in [2.45, 2.75) is 52.9 Å². The number of para-hydroxylation sites is 1. The Morgan fingerprint density at radius 1 is 1.08 bits per heavy atom. The predicted molar refractivity (Wildman–Crippen MR) is 99.8 cm³/mol. The fraction of sp³-hybridized carbons (Fsp3) is 0.611. The van der Waals surface area contributed by atoms with E-state index in [4.69, 9.17) is 0 Å². The van der Waals surface area contributed by atoms with Crippen molar-refractivity contribution in [1.82, 2.24) is 4.31 Å². The van der Waals surface area contributed by atoms with Crippen molar-refractivity contribution in [2.75, 3.05) is 24.7 Å². The van der Waals surface area contributed by atoms with E-state index in [9.17, 15) is 13.2 Å². The van der Waals surface area contributed by atoms with Crippen LogP contribution in [0.25, 0.3) is 0 Å². The summed E-state index contributed by atoms with van der Waals surface area (Å²) < 4.78 is 25.0. The number of nitrogens with zero attached hydrogens (tertiary/aromatic N) is 1. The molecule has 0 atom stereocenters. The lowest BCUT2D eigenvalue weighted by molar-refractivity contribution is -0.116. The maximum absolute atomic E-state index is 12.3. The molecule has 136 valence electrons. The van der Waals surface area contributed by atoms with Crippen molar-refractivity contribution in [2.24, 2.45) is 0 Å². The van der Waals surface area contributed by atoms with Gasteiger partial charge in [-0.25, -0.2) is 12.7 Å². The molecule has 0 bridgehead atoms. The van der Waals surface area contributed by atoms with Crippen LogP contribution in [-0.4, -0.2) is 38.0 Å². The van der Waals surface area contributed by atoms with E-state index in [1.54, 1.807) is 0 Å². The van der Waals surface area contributed by atoms with Crippen molar-refractivity contribution >= 4 is 21.6 Å². The highest BCUT2D eigenvalue weighted by Crippen LogP contribution is 2.22. The number of carbonyl (C=O) groups is 1. The van der Waals surface area contributed by atoms with E-state index in [0.717, 1.165) is 42.5 Å². The molecular weight excluding hydrogens is 324 g/mol. The van der Waals surface area contributed by atoms with Gasteiger partial charge < -0.3 is 5.32 Å². The van der Waals surface area contributed by atoms with Gasteiger partial charge in [0.1, 0.15) is 0 Å². The van der Waals surface area contributed by atoms with E-state index in [-0.39, 0.29) is 18.9 Å². The number of unbranched alkanes of at least 4 members (excludes halogenated alkanes) is 1. The van der Waals surface area contributed by atoms with Crippen LogP contribution in [0.2, 0.25) is 0 Å². The average Bonchev–Trinajstić information content (AvgIpc) is 2.53. The minimum Gasteiger partial charge on any atom is -0.326 e. The van der Waals surface area contributed by atoms with E-state index >= 15 is 0 Å². The lowest BCUT2D eigenvalue weighted by atomic mass is 10.0. The third kappa shape index (κ3) is 6.24. The van der Waals surface area contributed by atoms with Gasteiger partial charge in [0.15, 0.2) is 0 Å². The molecule has 0 heterocycles. The van der Waals surface area contributed by atoms with Crippen LogP contribution in [0.4, 0.5) is 5.69 Å². The van der Waals surface area contributed by atoms with Crippen molar-refractivity contribution in [1.29, 1.82) is 0 Å². The zero-order valence-corrected chi connectivity index (χ0v) is 16.1. The summed E-state index contributed by atoms with van der Waals surface area (Å²) in [6.07, 6.45) is 4.76. The summed E-state index contributed by atoms with van der Waals surface area (Å²) in [6.45, 7) is 6.82. The van der Waals surface area contributed by atoms with Gasteiger partial charge in [-0.05, 0) is 30.4 Å². The molecule has 0 aromatic heterocycles. The number of aryl methyl sites for hydroxylation is 2. The lowest BCUT2D eigenvalue weighted by Gasteiger charge is -2.20. The quantitative estimate of drug-likeness (QED) is 0.701. The first-order valence-electron chi connectivity index (χ1n) is 8.69. The van der Waals surface area contributed by atoms with Crippen LogP contribution in [0.15, 0.2) is 18.2 Å². The average molecular weight is 355 g/mol. The molecular formula is C18H30N2O3S. The molecule has 0 aliphatic carbocycles. The molecule has 1 aromatic rings. The summed E-state index contributed by atoms with van der Waals surface area (Å²) in [5.74, 6) is -0.143. The van der Waals surface area contributed by atoms with E-state index in [1.807, 2.05) is 25.1 Å². The molecule has 0 spiro atoms. The highest BCUT2D eigenvalue weighted by molar-refractivity contribution is 7.88. The molecule has 0 radical (unpaired) electrons. The smallest absolute Gasteiger partial charge is 0.225 e. The van der Waals surface area contributed by atoms with E-state index in [1.165, 1.54) is 10.6 Å². The molecule has 1 N–H and O–H groups in total. The molecule has 0 saturated carbocycles. The summed E-state index contributed by atoms with van der Waals surface area (Å²) in [7, 11) is -3.28. The molecule has 1 aromatic carbocycles. The number of hydrogen-bond donors (Lipinski definition) is 1. The summed E-state index contributed by atoms with van der Waals surface area (Å²) in [6, 6.07) is 6.03. The largest absolute Gasteiger partial charge is 0.326 e. The fourth-order valence-electron chi connectivity index (χ4n) is 2.61. The van der Waals surface area contributed by atoms with E-state index < -0.39 is 10.0 Å². The van der Waals surface area contributed by atoms with Gasteiger partial charge in [0.05, 0.1) is 6.26 Å². The Balaban J connectivity index is 2.76. The van der Waals surface area contributed by atoms with Crippen LogP contribution < -0.4 is 5.32 Å². The standard InChI is InChI=1S/C18H30N2O3S/c1-5-8-13-20(24(4,22)23)14-12-17(21)19-18-15(6-2)10-9-11-16(18)7-3/h9-11H,5-8,12-14H2,1-4H3,(H,19,21). The Kier molecular flexibility index (Phi) is 8.42. The number of nitrogens with one attached hydrogen (secondary N) is 1. The predicted octanol–water partition coefficient (Wildman–Crippen LogP) is 3.20.